The Balaban J connectivity index is 1.97. The Labute approximate surface area is 153 Å². The molecule has 1 aliphatic rings. The summed E-state index contributed by atoms with van der Waals surface area (Å²) < 4.78 is 0. The van der Waals surface area contributed by atoms with Gasteiger partial charge in [-0.25, -0.2) is 0 Å². The van der Waals surface area contributed by atoms with Crippen molar-refractivity contribution in [2.75, 3.05) is 13.1 Å². The molecule has 1 aromatic rings. The summed E-state index contributed by atoms with van der Waals surface area (Å²) in [4.78, 5) is 19.8. The number of hydrogen-bond donors (Lipinski definition) is 0. The minimum Gasteiger partial charge on any atom is -0.390 e. The minimum atomic E-state index is -0.114. The van der Waals surface area contributed by atoms with Gasteiger partial charge in [-0.3, -0.25) is 4.79 Å². The number of amides is 1. The van der Waals surface area contributed by atoms with E-state index in [1.807, 2.05) is 11.0 Å². The molecule has 1 heterocycles. The van der Waals surface area contributed by atoms with Crippen molar-refractivity contribution in [1.29, 1.82) is 0 Å². The monoisotopic (exact) mass is 370 g/mol. The third-order valence-corrected chi connectivity index (χ3v) is 4.58. The number of hydrogen-bond acceptors (Lipinski definition) is 3. The lowest BCUT2D eigenvalue weighted by Gasteiger charge is -2.25. The van der Waals surface area contributed by atoms with Crippen molar-refractivity contribution in [2.45, 2.75) is 46.1 Å². The minimum absolute atomic E-state index is 0.114. The molecule has 6 heteroatoms. The van der Waals surface area contributed by atoms with E-state index in [0.717, 1.165) is 24.2 Å². The van der Waals surface area contributed by atoms with E-state index >= 15 is 0 Å². The Bertz CT molecular complexity index is 617. The van der Waals surface area contributed by atoms with Crippen LogP contribution < -0.4 is 0 Å². The van der Waals surface area contributed by atoms with Gasteiger partial charge < -0.3 is 9.74 Å². The van der Waals surface area contributed by atoms with Crippen LogP contribution in [0.2, 0.25) is 10.0 Å². The van der Waals surface area contributed by atoms with Crippen LogP contribution in [0.15, 0.2) is 23.4 Å². The predicted octanol–water partition coefficient (Wildman–Crippen LogP) is 4.77. The molecule has 0 saturated carbocycles. The van der Waals surface area contributed by atoms with Crippen molar-refractivity contribution in [3.63, 3.8) is 0 Å². The summed E-state index contributed by atoms with van der Waals surface area (Å²) in [5.41, 5.74) is 1.74. The molecule has 0 fully saturated rings. The second-order valence-corrected chi connectivity index (χ2v) is 7.35. The first-order valence-corrected chi connectivity index (χ1v) is 9.12. The van der Waals surface area contributed by atoms with Crippen LogP contribution in [0.5, 0.6) is 0 Å². The number of carbonyl (C=O) groups is 1. The first kappa shape index (κ1) is 19.1. The molecule has 24 heavy (non-hydrogen) atoms. The molecular formula is C18H24Cl2N2O2. The largest absolute Gasteiger partial charge is 0.390 e. The lowest BCUT2D eigenvalue weighted by atomic mass is 10.0. The molecule has 0 spiro atoms. The number of oxime groups is 1. The Hall–Kier alpha value is -1.26. The third kappa shape index (κ3) is 5.12. The summed E-state index contributed by atoms with van der Waals surface area (Å²) in [6.45, 7) is 7.49. The molecule has 0 unspecified atom stereocenters. The van der Waals surface area contributed by atoms with Crippen LogP contribution in [-0.4, -0.2) is 35.7 Å². The summed E-state index contributed by atoms with van der Waals surface area (Å²) in [6, 6.07) is 5.43. The predicted molar refractivity (Wildman–Crippen MR) is 98.8 cm³/mol. The average molecular weight is 371 g/mol. The van der Waals surface area contributed by atoms with Crippen LogP contribution in [-0.2, 0) is 9.63 Å². The van der Waals surface area contributed by atoms with Crippen molar-refractivity contribution >= 4 is 34.8 Å². The molecule has 1 aromatic carbocycles. The third-order valence-electron chi connectivity index (χ3n) is 3.84. The Kier molecular flexibility index (Phi) is 6.93. The van der Waals surface area contributed by atoms with Gasteiger partial charge in [0.25, 0.3) is 0 Å². The molecule has 2 rings (SSSR count). The number of rotatable bonds is 7. The molecule has 0 N–H and O–H groups in total. The fourth-order valence-corrected chi connectivity index (χ4v) is 2.98. The van der Waals surface area contributed by atoms with E-state index in [0.29, 0.717) is 35.3 Å². The van der Waals surface area contributed by atoms with Crippen LogP contribution in [0.3, 0.4) is 0 Å². The van der Waals surface area contributed by atoms with Gasteiger partial charge in [0.2, 0.25) is 5.91 Å². The van der Waals surface area contributed by atoms with Gasteiger partial charge in [0.15, 0.2) is 6.10 Å². The molecule has 1 aliphatic heterocycles. The zero-order chi connectivity index (χ0) is 17.7. The first-order chi connectivity index (χ1) is 11.4. The maximum absolute atomic E-state index is 12.4. The van der Waals surface area contributed by atoms with E-state index in [1.165, 1.54) is 0 Å². The van der Waals surface area contributed by atoms with Gasteiger partial charge in [-0.2, -0.15) is 0 Å². The van der Waals surface area contributed by atoms with Gasteiger partial charge in [-0.1, -0.05) is 55.2 Å². The molecule has 1 amide bonds. The van der Waals surface area contributed by atoms with Gasteiger partial charge in [0.05, 0.1) is 22.3 Å². The first-order valence-electron chi connectivity index (χ1n) is 8.36. The fourth-order valence-electron chi connectivity index (χ4n) is 2.68. The highest BCUT2D eigenvalue weighted by molar-refractivity contribution is 6.42. The summed E-state index contributed by atoms with van der Waals surface area (Å²) >= 11 is 12.0. The lowest BCUT2D eigenvalue weighted by Crippen LogP contribution is -2.38. The molecule has 4 nitrogen and oxygen atoms in total. The molecule has 0 saturated heterocycles. The van der Waals surface area contributed by atoms with E-state index in [9.17, 15) is 4.79 Å². The fraction of sp³-hybridized carbons (Fsp3) is 0.556. The summed E-state index contributed by atoms with van der Waals surface area (Å²) in [7, 11) is 0. The van der Waals surface area contributed by atoms with Crippen LogP contribution >= 0.6 is 23.2 Å². The number of benzene rings is 1. The zero-order valence-corrected chi connectivity index (χ0v) is 15.9. The van der Waals surface area contributed by atoms with E-state index in [-0.39, 0.29) is 12.0 Å². The molecule has 1 atom stereocenters. The topological polar surface area (TPSA) is 41.9 Å². The second-order valence-electron chi connectivity index (χ2n) is 6.54. The van der Waals surface area contributed by atoms with Gasteiger partial charge in [0, 0.05) is 24.9 Å². The maximum atomic E-state index is 12.4. The van der Waals surface area contributed by atoms with Crippen molar-refractivity contribution in [2.24, 2.45) is 11.1 Å². The number of nitrogens with zero attached hydrogens (tertiary/aromatic N) is 2. The van der Waals surface area contributed by atoms with Gasteiger partial charge >= 0.3 is 0 Å². The highest BCUT2D eigenvalue weighted by Gasteiger charge is 2.26. The van der Waals surface area contributed by atoms with Crippen LogP contribution in [0.1, 0.15) is 45.6 Å². The standard InChI is InChI=1S/C18H24Cl2N2O2/c1-4-7-22(18(23)8-12(2)3)11-14-10-17(21-24-14)13-5-6-15(19)16(20)9-13/h5-6,9,12,14H,4,7-8,10-11H2,1-3H3/t14-/m0/s1. The molecule has 0 radical (unpaired) electrons. The van der Waals surface area contributed by atoms with Crippen LogP contribution in [0, 0.1) is 5.92 Å². The maximum Gasteiger partial charge on any atom is 0.222 e. The Morgan fingerprint density at radius 3 is 2.75 bits per heavy atom. The summed E-state index contributed by atoms with van der Waals surface area (Å²) in [5.74, 6) is 0.530. The van der Waals surface area contributed by atoms with Crippen molar-refractivity contribution in [3.05, 3.63) is 33.8 Å². The van der Waals surface area contributed by atoms with Gasteiger partial charge in [0.1, 0.15) is 0 Å². The van der Waals surface area contributed by atoms with Crippen LogP contribution in [0.25, 0.3) is 0 Å². The summed E-state index contributed by atoms with van der Waals surface area (Å²) in [6.07, 6.45) is 2.04. The lowest BCUT2D eigenvalue weighted by molar-refractivity contribution is -0.133. The number of halogens is 2. The molecule has 0 bridgehead atoms. The molecular weight excluding hydrogens is 347 g/mol. The van der Waals surface area contributed by atoms with E-state index in [1.54, 1.807) is 12.1 Å². The molecule has 132 valence electrons. The van der Waals surface area contributed by atoms with E-state index < -0.39 is 0 Å². The highest BCUT2D eigenvalue weighted by atomic mass is 35.5. The van der Waals surface area contributed by atoms with Crippen molar-refractivity contribution in [3.8, 4) is 0 Å². The quantitative estimate of drug-likeness (QED) is 0.693. The zero-order valence-electron chi connectivity index (χ0n) is 14.4. The van der Waals surface area contributed by atoms with E-state index in [2.05, 4.69) is 25.9 Å². The van der Waals surface area contributed by atoms with Gasteiger partial charge in [-0.15, -0.1) is 0 Å². The molecule has 0 aliphatic carbocycles. The average Bonchev–Trinajstić information content (AvgIpc) is 2.97. The van der Waals surface area contributed by atoms with Crippen LogP contribution in [0.4, 0.5) is 0 Å². The van der Waals surface area contributed by atoms with E-state index in [4.69, 9.17) is 28.0 Å². The SMILES string of the molecule is CCCN(C[C@@H]1CC(c2ccc(Cl)c(Cl)c2)=NO1)C(=O)CC(C)C. The second kappa shape index (κ2) is 8.72. The smallest absolute Gasteiger partial charge is 0.222 e. The normalized spacial score (nSPS) is 16.9. The molecule has 0 aromatic heterocycles. The number of carbonyl (C=O) groups excluding carboxylic acids is 1. The Morgan fingerprint density at radius 2 is 2.12 bits per heavy atom. The Morgan fingerprint density at radius 1 is 1.38 bits per heavy atom. The van der Waals surface area contributed by atoms with Crippen molar-refractivity contribution < 1.29 is 9.63 Å². The highest BCUT2D eigenvalue weighted by Crippen LogP contribution is 2.26. The van der Waals surface area contributed by atoms with Gasteiger partial charge in [-0.05, 0) is 24.5 Å². The summed E-state index contributed by atoms with van der Waals surface area (Å²) in [5, 5.41) is 5.19. The van der Waals surface area contributed by atoms with Crippen molar-refractivity contribution in [1.82, 2.24) is 4.90 Å².